The van der Waals surface area contributed by atoms with Crippen molar-refractivity contribution in [1.82, 2.24) is 14.8 Å². The second kappa shape index (κ2) is 9.80. The summed E-state index contributed by atoms with van der Waals surface area (Å²) in [4.78, 5) is 13.2. The van der Waals surface area contributed by atoms with E-state index in [1.807, 2.05) is 48.7 Å². The van der Waals surface area contributed by atoms with Gasteiger partial charge < -0.3 is 4.74 Å². The van der Waals surface area contributed by atoms with Gasteiger partial charge in [0.25, 0.3) is 0 Å². The maximum atomic E-state index is 12.0. The Labute approximate surface area is 173 Å². The number of para-hydroxylation sites is 1. The normalized spacial score (nSPS) is 12.0. The van der Waals surface area contributed by atoms with Crippen LogP contribution in [0.5, 0.6) is 0 Å². The lowest BCUT2D eigenvalue weighted by Crippen LogP contribution is -2.17. The van der Waals surface area contributed by atoms with Crippen molar-refractivity contribution in [2.24, 2.45) is 0 Å². The predicted octanol–water partition coefficient (Wildman–Crippen LogP) is 4.91. The van der Waals surface area contributed by atoms with E-state index in [0.717, 1.165) is 11.5 Å². The molecule has 2 aromatic carbocycles. The summed E-state index contributed by atoms with van der Waals surface area (Å²) in [6.45, 7) is 6.08. The van der Waals surface area contributed by atoms with E-state index in [4.69, 9.17) is 4.74 Å². The highest BCUT2D eigenvalue weighted by Gasteiger charge is 2.22. The minimum Gasteiger partial charge on any atom is -0.465 e. The first-order valence-corrected chi connectivity index (χ1v) is 11.0. The van der Waals surface area contributed by atoms with Gasteiger partial charge in [0, 0.05) is 10.6 Å². The maximum absolute atomic E-state index is 12.0. The fourth-order valence-corrected chi connectivity index (χ4v) is 4.25. The van der Waals surface area contributed by atoms with E-state index in [-0.39, 0.29) is 11.2 Å². The molecule has 0 amide bonds. The number of benzene rings is 2. The molecule has 3 rings (SSSR count). The fourth-order valence-electron chi connectivity index (χ4n) is 2.55. The Kier molecular flexibility index (Phi) is 7.17. The second-order valence-electron chi connectivity index (χ2n) is 6.18. The molecular weight excluding hydrogens is 390 g/mol. The first-order chi connectivity index (χ1) is 13.6. The van der Waals surface area contributed by atoms with Crippen LogP contribution < -0.4 is 0 Å². The molecule has 7 heteroatoms. The molecule has 1 aromatic heterocycles. The number of carbonyl (C=O) groups is 1. The van der Waals surface area contributed by atoms with Crippen molar-refractivity contribution in [3.8, 4) is 5.69 Å². The monoisotopic (exact) mass is 413 g/mol. The molecule has 146 valence electrons. The minimum atomic E-state index is -0.357. The first-order valence-electron chi connectivity index (χ1n) is 9.11. The van der Waals surface area contributed by atoms with E-state index in [1.54, 1.807) is 11.8 Å². The molecule has 5 nitrogen and oxygen atoms in total. The van der Waals surface area contributed by atoms with Crippen LogP contribution in [0.2, 0.25) is 0 Å². The average molecular weight is 414 g/mol. The lowest BCUT2D eigenvalue weighted by molar-refractivity contribution is -0.142. The SMILES string of the molecule is CCOC(=O)C(C)Sc1nnc(CSc2ccc(C)cc2)n1-c1ccccc1. The molecule has 0 aliphatic rings. The number of esters is 1. The summed E-state index contributed by atoms with van der Waals surface area (Å²) in [6, 6.07) is 18.4. The Morgan fingerprint density at radius 1 is 1.11 bits per heavy atom. The molecular formula is C21H23N3O2S2. The highest BCUT2D eigenvalue weighted by molar-refractivity contribution is 8.00. The van der Waals surface area contributed by atoms with E-state index in [1.165, 1.54) is 22.2 Å². The molecule has 0 saturated heterocycles. The lowest BCUT2D eigenvalue weighted by atomic mass is 10.2. The number of hydrogen-bond acceptors (Lipinski definition) is 6. The quantitative estimate of drug-likeness (QED) is 0.386. The van der Waals surface area contributed by atoms with Crippen molar-refractivity contribution < 1.29 is 9.53 Å². The number of hydrogen-bond donors (Lipinski definition) is 0. The standard InChI is InChI=1S/C21H23N3O2S2/c1-4-26-20(25)16(3)28-21-23-22-19(24(21)17-8-6-5-7-9-17)14-27-18-12-10-15(2)11-13-18/h5-13,16H,4,14H2,1-3H3. The summed E-state index contributed by atoms with van der Waals surface area (Å²) in [7, 11) is 0. The molecule has 0 saturated carbocycles. The number of rotatable bonds is 8. The van der Waals surface area contributed by atoms with Crippen LogP contribution in [0.4, 0.5) is 0 Å². The summed E-state index contributed by atoms with van der Waals surface area (Å²) in [5, 5.41) is 9.09. The fraction of sp³-hybridized carbons (Fsp3) is 0.286. The van der Waals surface area contributed by atoms with Crippen molar-refractivity contribution in [2.45, 2.75) is 41.8 Å². The number of nitrogens with zero attached hydrogens (tertiary/aromatic N) is 3. The van der Waals surface area contributed by atoms with Crippen molar-refractivity contribution >= 4 is 29.5 Å². The highest BCUT2D eigenvalue weighted by atomic mass is 32.2. The van der Waals surface area contributed by atoms with Crippen LogP contribution in [-0.2, 0) is 15.3 Å². The van der Waals surface area contributed by atoms with Gasteiger partial charge in [-0.05, 0) is 45.0 Å². The number of thioether (sulfide) groups is 2. The molecule has 1 atom stereocenters. The largest absolute Gasteiger partial charge is 0.465 e. The highest BCUT2D eigenvalue weighted by Crippen LogP contribution is 2.29. The zero-order valence-electron chi connectivity index (χ0n) is 16.2. The molecule has 1 heterocycles. The van der Waals surface area contributed by atoms with Crippen LogP contribution in [0.15, 0.2) is 64.6 Å². The Bertz CT molecular complexity index is 911. The lowest BCUT2D eigenvalue weighted by Gasteiger charge is -2.13. The first kappa shape index (κ1) is 20.5. The zero-order valence-corrected chi connectivity index (χ0v) is 17.8. The molecule has 0 aliphatic heterocycles. The third-order valence-electron chi connectivity index (χ3n) is 4.00. The van der Waals surface area contributed by atoms with Crippen molar-refractivity contribution in [3.05, 3.63) is 66.0 Å². The van der Waals surface area contributed by atoms with Gasteiger partial charge in [0.15, 0.2) is 5.16 Å². The number of ether oxygens (including phenoxy) is 1. The van der Waals surface area contributed by atoms with Crippen molar-refractivity contribution in [2.75, 3.05) is 6.61 Å². The van der Waals surface area contributed by atoms with E-state index in [2.05, 4.69) is 41.4 Å². The van der Waals surface area contributed by atoms with Crippen LogP contribution in [0, 0.1) is 6.92 Å². The molecule has 0 aliphatic carbocycles. The van der Waals surface area contributed by atoms with Crippen LogP contribution in [0.3, 0.4) is 0 Å². The Hall–Kier alpha value is -2.25. The molecule has 0 radical (unpaired) electrons. The molecule has 0 N–H and O–H groups in total. The van der Waals surface area contributed by atoms with Gasteiger partial charge in [-0.2, -0.15) is 0 Å². The zero-order chi connectivity index (χ0) is 19.9. The third-order valence-corrected chi connectivity index (χ3v) is 6.03. The van der Waals surface area contributed by atoms with Gasteiger partial charge >= 0.3 is 5.97 Å². The third kappa shape index (κ3) is 5.17. The van der Waals surface area contributed by atoms with Crippen LogP contribution in [0.1, 0.15) is 25.2 Å². The Morgan fingerprint density at radius 3 is 2.50 bits per heavy atom. The van der Waals surface area contributed by atoms with E-state index in [9.17, 15) is 4.79 Å². The predicted molar refractivity (Wildman–Crippen MR) is 114 cm³/mol. The van der Waals surface area contributed by atoms with Gasteiger partial charge in [0.1, 0.15) is 11.1 Å². The van der Waals surface area contributed by atoms with Gasteiger partial charge in [-0.25, -0.2) is 0 Å². The van der Waals surface area contributed by atoms with Gasteiger partial charge in [0.05, 0.1) is 12.4 Å². The maximum Gasteiger partial charge on any atom is 0.319 e. The number of aromatic nitrogens is 3. The van der Waals surface area contributed by atoms with Gasteiger partial charge in [-0.15, -0.1) is 22.0 Å². The average Bonchev–Trinajstić information content (AvgIpc) is 3.10. The summed E-state index contributed by atoms with van der Waals surface area (Å²) >= 11 is 3.08. The van der Waals surface area contributed by atoms with Gasteiger partial charge in [-0.1, -0.05) is 47.7 Å². The molecule has 3 aromatic rings. The molecule has 0 spiro atoms. The van der Waals surface area contributed by atoms with Crippen molar-refractivity contribution in [3.63, 3.8) is 0 Å². The van der Waals surface area contributed by atoms with Gasteiger partial charge in [-0.3, -0.25) is 9.36 Å². The summed E-state index contributed by atoms with van der Waals surface area (Å²) in [5.41, 5.74) is 2.22. The molecule has 0 fully saturated rings. The second-order valence-corrected chi connectivity index (χ2v) is 8.54. The Morgan fingerprint density at radius 2 is 1.82 bits per heavy atom. The molecule has 0 bridgehead atoms. The summed E-state index contributed by atoms with van der Waals surface area (Å²) in [6.07, 6.45) is 0. The summed E-state index contributed by atoms with van der Waals surface area (Å²) < 4.78 is 7.14. The summed E-state index contributed by atoms with van der Waals surface area (Å²) in [5.74, 6) is 1.28. The van der Waals surface area contributed by atoms with E-state index < -0.39 is 0 Å². The molecule has 1 unspecified atom stereocenters. The number of aryl methyl sites for hydroxylation is 1. The Balaban J connectivity index is 1.84. The minimum absolute atomic E-state index is 0.245. The van der Waals surface area contributed by atoms with Crippen LogP contribution in [-0.4, -0.2) is 32.6 Å². The van der Waals surface area contributed by atoms with E-state index >= 15 is 0 Å². The smallest absolute Gasteiger partial charge is 0.319 e. The molecule has 28 heavy (non-hydrogen) atoms. The topological polar surface area (TPSA) is 57.0 Å². The number of carbonyl (C=O) groups excluding carboxylic acids is 1. The van der Waals surface area contributed by atoms with Crippen LogP contribution in [0.25, 0.3) is 5.69 Å². The van der Waals surface area contributed by atoms with Crippen LogP contribution >= 0.6 is 23.5 Å². The van der Waals surface area contributed by atoms with Gasteiger partial charge in [0.2, 0.25) is 0 Å². The van der Waals surface area contributed by atoms with E-state index in [0.29, 0.717) is 17.5 Å². The van der Waals surface area contributed by atoms with Crippen molar-refractivity contribution in [1.29, 1.82) is 0 Å².